The van der Waals surface area contributed by atoms with Gasteiger partial charge in [0, 0.05) is 49.3 Å². The minimum absolute atomic E-state index is 0.390. The zero-order valence-corrected chi connectivity index (χ0v) is 16.9. The molecular formula is C22H20ClN5O2. The Balaban J connectivity index is 1.34. The number of anilines is 2. The van der Waals surface area contributed by atoms with Crippen LogP contribution < -0.4 is 5.32 Å². The number of carbonyl (C=O) groups excluding carboxylic acids is 2. The molecule has 0 bridgehead atoms. The molecule has 1 fully saturated rings. The molecule has 0 spiro atoms. The predicted molar refractivity (Wildman–Crippen MR) is 114 cm³/mol. The van der Waals surface area contributed by atoms with E-state index in [9.17, 15) is 9.59 Å². The van der Waals surface area contributed by atoms with Crippen molar-refractivity contribution < 1.29 is 9.59 Å². The van der Waals surface area contributed by atoms with Gasteiger partial charge in [0.15, 0.2) is 0 Å². The number of nitrogens with zero attached hydrogens (tertiary/aromatic N) is 4. The molecular weight excluding hydrogens is 402 g/mol. The topological polar surface area (TPSA) is 78.4 Å². The third-order valence-corrected chi connectivity index (χ3v) is 5.09. The molecule has 4 rings (SSSR count). The van der Waals surface area contributed by atoms with Crippen LogP contribution in [0.4, 0.5) is 11.6 Å². The molecule has 2 aromatic carbocycles. The monoisotopic (exact) mass is 421 g/mol. The second-order valence-corrected chi connectivity index (χ2v) is 7.41. The van der Waals surface area contributed by atoms with Gasteiger partial charge in [0.05, 0.1) is 0 Å². The molecule has 2 amide bonds. The van der Waals surface area contributed by atoms with Gasteiger partial charge in [-0.15, -0.1) is 0 Å². The number of carbonyl (C=O) groups is 2. The molecule has 0 aliphatic carbocycles. The van der Waals surface area contributed by atoms with E-state index in [0.717, 1.165) is 16.8 Å². The summed E-state index contributed by atoms with van der Waals surface area (Å²) in [6.07, 6.45) is 3.33. The van der Waals surface area contributed by atoms with E-state index in [0.29, 0.717) is 37.1 Å². The van der Waals surface area contributed by atoms with Gasteiger partial charge in [-0.1, -0.05) is 35.9 Å². The summed E-state index contributed by atoms with van der Waals surface area (Å²) in [5.41, 5.74) is 2.74. The molecule has 0 atom stereocenters. The number of hydrogen-bond acceptors (Lipinski definition) is 5. The SMILES string of the molecule is O=C1C(=O)N(Cc2ccc(Nc3ncccn3)cc2)CCN1Cc1ccc(Cl)cc1. The Hall–Kier alpha value is -3.45. The third-order valence-electron chi connectivity index (χ3n) is 4.83. The Morgan fingerprint density at radius 1 is 0.800 bits per heavy atom. The maximum Gasteiger partial charge on any atom is 0.312 e. The molecule has 1 aliphatic rings. The number of piperazine rings is 1. The fraction of sp³-hybridized carbons (Fsp3) is 0.182. The summed E-state index contributed by atoms with van der Waals surface area (Å²) in [6.45, 7) is 1.78. The van der Waals surface area contributed by atoms with Gasteiger partial charge in [0.1, 0.15) is 0 Å². The van der Waals surface area contributed by atoms with Crippen LogP contribution in [-0.4, -0.2) is 44.7 Å². The molecule has 8 heteroatoms. The zero-order chi connectivity index (χ0) is 20.9. The van der Waals surface area contributed by atoms with Gasteiger partial charge in [-0.2, -0.15) is 0 Å². The van der Waals surface area contributed by atoms with E-state index in [1.165, 1.54) is 0 Å². The summed E-state index contributed by atoms with van der Waals surface area (Å²) in [4.78, 5) is 36.5. The normalized spacial score (nSPS) is 14.2. The van der Waals surface area contributed by atoms with Gasteiger partial charge in [0.2, 0.25) is 5.95 Å². The third kappa shape index (κ3) is 4.75. The Kier molecular flexibility index (Phi) is 5.90. The molecule has 30 heavy (non-hydrogen) atoms. The van der Waals surface area contributed by atoms with Crippen LogP contribution in [0.15, 0.2) is 67.0 Å². The first-order valence-corrected chi connectivity index (χ1v) is 9.92. The van der Waals surface area contributed by atoms with E-state index in [1.54, 1.807) is 40.4 Å². The molecule has 152 valence electrons. The van der Waals surface area contributed by atoms with Crippen LogP contribution in [0.5, 0.6) is 0 Å². The van der Waals surface area contributed by atoms with Gasteiger partial charge < -0.3 is 15.1 Å². The van der Waals surface area contributed by atoms with E-state index < -0.39 is 11.8 Å². The number of hydrogen-bond donors (Lipinski definition) is 1. The van der Waals surface area contributed by atoms with Gasteiger partial charge in [-0.05, 0) is 41.5 Å². The van der Waals surface area contributed by atoms with Crippen LogP contribution in [0.2, 0.25) is 5.02 Å². The van der Waals surface area contributed by atoms with E-state index in [-0.39, 0.29) is 0 Å². The fourth-order valence-corrected chi connectivity index (χ4v) is 3.36. The first kappa shape index (κ1) is 19.8. The maximum absolute atomic E-state index is 12.6. The number of halogens is 1. The second-order valence-electron chi connectivity index (χ2n) is 6.97. The highest BCUT2D eigenvalue weighted by Gasteiger charge is 2.32. The maximum atomic E-state index is 12.6. The van der Waals surface area contributed by atoms with Gasteiger partial charge >= 0.3 is 11.8 Å². The smallest absolute Gasteiger partial charge is 0.312 e. The molecule has 1 aliphatic heterocycles. The molecule has 2 heterocycles. The number of aromatic nitrogens is 2. The summed E-state index contributed by atoms with van der Waals surface area (Å²) in [7, 11) is 0. The summed E-state index contributed by atoms with van der Waals surface area (Å²) in [5, 5.41) is 3.75. The van der Waals surface area contributed by atoms with Crippen molar-refractivity contribution in [2.75, 3.05) is 18.4 Å². The van der Waals surface area contributed by atoms with Crippen molar-refractivity contribution in [3.63, 3.8) is 0 Å². The van der Waals surface area contributed by atoms with Crippen molar-refractivity contribution in [1.29, 1.82) is 0 Å². The van der Waals surface area contributed by atoms with E-state index in [4.69, 9.17) is 11.6 Å². The lowest BCUT2D eigenvalue weighted by Gasteiger charge is -2.34. The molecule has 1 saturated heterocycles. The number of amides is 2. The molecule has 0 saturated carbocycles. The Labute approximate surface area is 179 Å². The van der Waals surface area contributed by atoms with Crippen LogP contribution in [0.1, 0.15) is 11.1 Å². The summed E-state index contributed by atoms with van der Waals surface area (Å²) in [5.74, 6) is -0.436. The van der Waals surface area contributed by atoms with Crippen LogP contribution in [0, 0.1) is 0 Å². The van der Waals surface area contributed by atoms with Crippen molar-refractivity contribution >= 4 is 35.1 Å². The zero-order valence-electron chi connectivity index (χ0n) is 16.2. The Morgan fingerprint density at radius 3 is 1.83 bits per heavy atom. The quantitative estimate of drug-likeness (QED) is 0.618. The summed E-state index contributed by atoms with van der Waals surface area (Å²) in [6, 6.07) is 16.7. The van der Waals surface area contributed by atoms with Crippen LogP contribution in [-0.2, 0) is 22.7 Å². The average Bonchev–Trinajstić information content (AvgIpc) is 2.77. The molecule has 1 aromatic heterocycles. The molecule has 7 nitrogen and oxygen atoms in total. The Morgan fingerprint density at radius 2 is 1.30 bits per heavy atom. The molecule has 0 radical (unpaired) electrons. The van der Waals surface area contributed by atoms with Crippen molar-refractivity contribution in [2.45, 2.75) is 13.1 Å². The summed E-state index contributed by atoms with van der Waals surface area (Å²) < 4.78 is 0. The highest BCUT2D eigenvalue weighted by molar-refractivity contribution is 6.35. The molecule has 1 N–H and O–H groups in total. The largest absolute Gasteiger partial charge is 0.328 e. The lowest BCUT2D eigenvalue weighted by molar-refractivity contribution is -0.156. The predicted octanol–water partition coefficient (Wildman–Crippen LogP) is 3.24. The van der Waals surface area contributed by atoms with Crippen LogP contribution in [0.3, 0.4) is 0 Å². The van der Waals surface area contributed by atoms with Gasteiger partial charge in [-0.3, -0.25) is 9.59 Å². The van der Waals surface area contributed by atoms with Crippen LogP contribution >= 0.6 is 11.6 Å². The van der Waals surface area contributed by atoms with Crippen molar-refractivity contribution in [2.24, 2.45) is 0 Å². The lowest BCUT2D eigenvalue weighted by atomic mass is 10.1. The number of benzene rings is 2. The van der Waals surface area contributed by atoms with Gasteiger partial charge in [0.25, 0.3) is 0 Å². The van der Waals surface area contributed by atoms with Crippen LogP contribution in [0.25, 0.3) is 0 Å². The minimum Gasteiger partial charge on any atom is -0.328 e. The first-order valence-electron chi connectivity index (χ1n) is 9.54. The van der Waals surface area contributed by atoms with E-state index in [2.05, 4.69) is 15.3 Å². The number of rotatable bonds is 6. The highest BCUT2D eigenvalue weighted by Crippen LogP contribution is 2.18. The van der Waals surface area contributed by atoms with E-state index >= 15 is 0 Å². The second kappa shape index (κ2) is 8.92. The first-order chi connectivity index (χ1) is 14.6. The molecule has 3 aromatic rings. The fourth-order valence-electron chi connectivity index (χ4n) is 3.23. The minimum atomic E-state index is -0.477. The Bertz CT molecular complexity index is 1030. The van der Waals surface area contributed by atoms with Crippen molar-refractivity contribution in [1.82, 2.24) is 19.8 Å². The lowest BCUT2D eigenvalue weighted by Crippen LogP contribution is -2.53. The van der Waals surface area contributed by atoms with Gasteiger partial charge in [-0.25, -0.2) is 9.97 Å². The summed E-state index contributed by atoms with van der Waals surface area (Å²) >= 11 is 5.90. The number of nitrogens with one attached hydrogen (secondary N) is 1. The standard InChI is InChI=1S/C22H20ClN5O2/c23-18-6-2-16(3-7-18)14-27-12-13-28(21(30)20(27)29)15-17-4-8-19(9-5-17)26-22-24-10-1-11-25-22/h1-11H,12-15H2,(H,24,25,26). The van der Waals surface area contributed by atoms with Crippen molar-refractivity contribution in [3.05, 3.63) is 83.1 Å². The van der Waals surface area contributed by atoms with Crippen molar-refractivity contribution in [3.8, 4) is 0 Å². The van der Waals surface area contributed by atoms with E-state index in [1.807, 2.05) is 36.4 Å². The average molecular weight is 422 g/mol. The molecule has 0 unspecified atom stereocenters. The highest BCUT2D eigenvalue weighted by atomic mass is 35.5.